The average Bonchev–Trinajstić information content (AvgIpc) is 3.74. The molecule has 0 atom stereocenters. The van der Waals surface area contributed by atoms with Gasteiger partial charge in [0.2, 0.25) is 0 Å². The van der Waals surface area contributed by atoms with Gasteiger partial charge in [-0.05, 0) is 148 Å². The molecule has 70 heavy (non-hydrogen) atoms. The summed E-state index contributed by atoms with van der Waals surface area (Å²) in [5.41, 5.74) is 19.1. The molecule has 0 N–H and O–H groups in total. The van der Waals surface area contributed by atoms with Gasteiger partial charge in [0.1, 0.15) is 0 Å². The van der Waals surface area contributed by atoms with Gasteiger partial charge < -0.3 is 14.7 Å². The lowest BCUT2D eigenvalue weighted by Gasteiger charge is -2.34. The molecule has 0 fully saturated rings. The molecule has 0 heterocycles. The predicted octanol–water partition coefficient (Wildman–Crippen LogP) is 18.1. The molecule has 0 aliphatic heterocycles. The molecule has 0 amide bonds. The van der Waals surface area contributed by atoms with Crippen LogP contribution in [0, 0.1) is 0 Å². The molecule has 0 saturated heterocycles. The molecule has 1 aliphatic rings. The van der Waals surface area contributed by atoms with Gasteiger partial charge in [-0.1, -0.05) is 194 Å². The number of hydrogen-bond donors (Lipinski definition) is 0. The molecule has 11 aromatic carbocycles. The first kappa shape index (κ1) is 42.2. The van der Waals surface area contributed by atoms with Crippen molar-refractivity contribution >= 4 is 51.2 Å². The van der Waals surface area contributed by atoms with E-state index in [9.17, 15) is 0 Å². The number of rotatable bonds is 12. The molecule has 0 spiro atoms. The number of fused-ring (bicyclic) bond motifs is 3. The van der Waals surface area contributed by atoms with E-state index in [1.54, 1.807) is 0 Å². The van der Waals surface area contributed by atoms with Crippen molar-refractivity contribution in [2.45, 2.75) is 5.41 Å². The number of anilines is 9. The fourth-order valence-corrected chi connectivity index (χ4v) is 10.6. The Morgan fingerprint density at radius 2 is 0.514 bits per heavy atom. The molecule has 0 saturated carbocycles. The summed E-state index contributed by atoms with van der Waals surface area (Å²) in [7, 11) is 0. The van der Waals surface area contributed by atoms with Crippen LogP contribution >= 0.6 is 0 Å². The van der Waals surface area contributed by atoms with Crippen molar-refractivity contribution in [3.63, 3.8) is 0 Å². The van der Waals surface area contributed by atoms with E-state index in [-0.39, 0.29) is 0 Å². The van der Waals surface area contributed by atoms with Gasteiger partial charge in [-0.3, -0.25) is 0 Å². The minimum atomic E-state index is -0.474. The number of benzene rings is 11. The van der Waals surface area contributed by atoms with Gasteiger partial charge in [0.05, 0.1) is 5.41 Å². The topological polar surface area (TPSA) is 9.72 Å². The van der Waals surface area contributed by atoms with Gasteiger partial charge in [0, 0.05) is 51.2 Å². The summed E-state index contributed by atoms with van der Waals surface area (Å²) in [6.07, 6.45) is 0. The monoisotopic (exact) mass is 895 g/mol. The molecule has 3 heteroatoms. The standard InChI is InChI=1S/C67H49N3/c1-7-23-52(24-8-1)67(53-25-9-2-10-26-53)65-40-20-19-39-63(65)64-46-43-51(47-66(64)67)50-41-44-58(45-42-50)70(61-37-21-35-59(48-61)68(54-27-11-3-12-28-54)55-29-13-4-14-30-55)62-38-22-36-60(49-62)69(56-31-15-5-16-32-56)57-33-17-6-18-34-57/h1-49H. The van der Waals surface area contributed by atoms with Crippen molar-refractivity contribution in [1.29, 1.82) is 0 Å². The van der Waals surface area contributed by atoms with Gasteiger partial charge in [-0.25, -0.2) is 0 Å². The maximum atomic E-state index is 2.44. The highest BCUT2D eigenvalue weighted by atomic mass is 15.2. The van der Waals surface area contributed by atoms with Gasteiger partial charge in [0.15, 0.2) is 0 Å². The molecule has 0 bridgehead atoms. The lowest BCUT2D eigenvalue weighted by molar-refractivity contribution is 0.769. The van der Waals surface area contributed by atoms with Crippen LogP contribution in [0.1, 0.15) is 22.3 Å². The molecular weight excluding hydrogens is 847 g/mol. The van der Waals surface area contributed by atoms with Crippen LogP contribution in [0.4, 0.5) is 51.2 Å². The Hall–Kier alpha value is -9.18. The second kappa shape index (κ2) is 18.5. The largest absolute Gasteiger partial charge is 0.310 e. The molecule has 332 valence electrons. The van der Waals surface area contributed by atoms with Crippen LogP contribution in [0.25, 0.3) is 22.3 Å². The average molecular weight is 896 g/mol. The van der Waals surface area contributed by atoms with Crippen molar-refractivity contribution in [2.24, 2.45) is 0 Å². The van der Waals surface area contributed by atoms with Gasteiger partial charge in [-0.2, -0.15) is 0 Å². The number of para-hydroxylation sites is 4. The van der Waals surface area contributed by atoms with Crippen LogP contribution in [0.2, 0.25) is 0 Å². The van der Waals surface area contributed by atoms with E-state index in [2.05, 4.69) is 312 Å². The van der Waals surface area contributed by atoms with Crippen LogP contribution in [0.15, 0.2) is 297 Å². The fraction of sp³-hybridized carbons (Fsp3) is 0.0149. The summed E-state index contributed by atoms with van der Waals surface area (Å²) < 4.78 is 0. The number of hydrogen-bond acceptors (Lipinski definition) is 3. The fourth-order valence-electron chi connectivity index (χ4n) is 10.6. The van der Waals surface area contributed by atoms with Gasteiger partial charge in [0.25, 0.3) is 0 Å². The maximum Gasteiger partial charge on any atom is 0.0713 e. The second-order valence-corrected chi connectivity index (χ2v) is 17.7. The summed E-state index contributed by atoms with van der Waals surface area (Å²) in [4.78, 5) is 7.03. The Balaban J connectivity index is 1.00. The predicted molar refractivity (Wildman–Crippen MR) is 293 cm³/mol. The molecule has 0 radical (unpaired) electrons. The lowest BCUT2D eigenvalue weighted by Crippen LogP contribution is -2.28. The summed E-state index contributed by atoms with van der Waals surface area (Å²) in [6, 6.07) is 107. The third-order valence-electron chi connectivity index (χ3n) is 13.7. The van der Waals surface area contributed by atoms with Crippen molar-refractivity contribution in [1.82, 2.24) is 0 Å². The van der Waals surface area contributed by atoms with Crippen LogP contribution in [0.5, 0.6) is 0 Å². The zero-order valence-electron chi connectivity index (χ0n) is 38.6. The Labute approximate surface area is 411 Å². The highest BCUT2D eigenvalue weighted by Gasteiger charge is 2.46. The zero-order chi connectivity index (χ0) is 46.7. The minimum Gasteiger partial charge on any atom is -0.310 e. The smallest absolute Gasteiger partial charge is 0.0713 e. The molecular formula is C67H49N3. The van der Waals surface area contributed by atoms with E-state index in [0.717, 1.165) is 56.7 Å². The Bertz CT molecular complexity index is 3280. The van der Waals surface area contributed by atoms with Gasteiger partial charge in [-0.15, -0.1) is 0 Å². The molecule has 0 unspecified atom stereocenters. The van der Waals surface area contributed by atoms with E-state index in [1.807, 2.05) is 0 Å². The Kier molecular flexibility index (Phi) is 11.1. The third-order valence-corrected chi connectivity index (χ3v) is 13.7. The maximum absolute atomic E-state index is 2.44. The zero-order valence-corrected chi connectivity index (χ0v) is 38.6. The third kappa shape index (κ3) is 7.60. The van der Waals surface area contributed by atoms with Crippen molar-refractivity contribution < 1.29 is 0 Å². The van der Waals surface area contributed by atoms with E-state index < -0.39 is 5.41 Å². The Morgan fingerprint density at radius 1 is 0.200 bits per heavy atom. The first-order valence-electron chi connectivity index (χ1n) is 24.0. The van der Waals surface area contributed by atoms with Gasteiger partial charge >= 0.3 is 0 Å². The highest BCUT2D eigenvalue weighted by molar-refractivity contribution is 5.90. The normalized spacial score (nSPS) is 12.1. The molecule has 11 aromatic rings. The quantitative estimate of drug-likeness (QED) is 0.121. The SMILES string of the molecule is c1ccc(N(c2ccccc2)c2cccc(N(c3ccc(-c4ccc5c(c4)C(c4ccccc4)(c4ccccc4)c4ccccc4-5)cc3)c3cccc(N(c4ccccc4)c4ccccc4)c3)c2)cc1. The molecule has 1 aliphatic carbocycles. The summed E-state index contributed by atoms with van der Waals surface area (Å²) in [6.45, 7) is 0. The summed E-state index contributed by atoms with van der Waals surface area (Å²) in [5.74, 6) is 0. The van der Waals surface area contributed by atoms with Crippen LogP contribution < -0.4 is 14.7 Å². The lowest BCUT2D eigenvalue weighted by atomic mass is 9.67. The van der Waals surface area contributed by atoms with Crippen molar-refractivity contribution in [3.8, 4) is 22.3 Å². The van der Waals surface area contributed by atoms with E-state index >= 15 is 0 Å². The molecule has 3 nitrogen and oxygen atoms in total. The second-order valence-electron chi connectivity index (χ2n) is 17.7. The van der Waals surface area contributed by atoms with Crippen LogP contribution in [-0.4, -0.2) is 0 Å². The summed E-state index contributed by atoms with van der Waals surface area (Å²) in [5, 5.41) is 0. The highest BCUT2D eigenvalue weighted by Crippen LogP contribution is 2.57. The number of nitrogens with zero attached hydrogens (tertiary/aromatic N) is 3. The Morgan fingerprint density at radius 3 is 0.943 bits per heavy atom. The van der Waals surface area contributed by atoms with Crippen molar-refractivity contribution in [2.75, 3.05) is 14.7 Å². The summed E-state index contributed by atoms with van der Waals surface area (Å²) >= 11 is 0. The minimum absolute atomic E-state index is 0.474. The van der Waals surface area contributed by atoms with E-state index in [0.29, 0.717) is 0 Å². The molecule has 0 aromatic heterocycles. The van der Waals surface area contributed by atoms with E-state index in [1.165, 1.54) is 38.9 Å². The van der Waals surface area contributed by atoms with Crippen LogP contribution in [-0.2, 0) is 5.41 Å². The van der Waals surface area contributed by atoms with Crippen molar-refractivity contribution in [3.05, 3.63) is 320 Å². The first-order valence-corrected chi connectivity index (χ1v) is 24.0. The van der Waals surface area contributed by atoms with E-state index in [4.69, 9.17) is 0 Å². The first-order chi connectivity index (χ1) is 34.7. The van der Waals surface area contributed by atoms with Crippen LogP contribution in [0.3, 0.4) is 0 Å². The molecule has 12 rings (SSSR count).